The molecule has 27 heavy (non-hydrogen) atoms. The lowest BCUT2D eigenvalue weighted by atomic mass is 10.1. The number of carbonyl (C=O) groups is 1. The Bertz CT molecular complexity index is 1170. The highest BCUT2D eigenvalue weighted by Crippen LogP contribution is 2.18. The SMILES string of the molecule is Cc1ccc(-c2nc(COC(=O)c3cc(=O)c4ccccc4o3)no2)cc1. The molecule has 0 bridgehead atoms. The number of para-hydroxylation sites is 1. The molecular weight excluding hydrogens is 348 g/mol. The summed E-state index contributed by atoms with van der Waals surface area (Å²) in [6.07, 6.45) is 0. The van der Waals surface area contributed by atoms with Crippen molar-refractivity contribution in [3.8, 4) is 11.5 Å². The molecule has 0 unspecified atom stereocenters. The first-order chi connectivity index (χ1) is 13.1. The first-order valence-corrected chi connectivity index (χ1v) is 8.20. The Morgan fingerprint density at radius 3 is 2.70 bits per heavy atom. The van der Waals surface area contributed by atoms with Crippen molar-refractivity contribution in [3.63, 3.8) is 0 Å². The number of aromatic nitrogens is 2. The third-order valence-electron chi connectivity index (χ3n) is 3.93. The zero-order valence-corrected chi connectivity index (χ0v) is 14.3. The molecule has 0 atom stereocenters. The Labute approximate surface area is 153 Å². The van der Waals surface area contributed by atoms with E-state index in [1.54, 1.807) is 24.3 Å². The molecule has 0 N–H and O–H groups in total. The Hall–Kier alpha value is -3.74. The molecule has 2 aromatic carbocycles. The van der Waals surface area contributed by atoms with Gasteiger partial charge in [-0.2, -0.15) is 4.98 Å². The van der Waals surface area contributed by atoms with Crippen LogP contribution in [0.2, 0.25) is 0 Å². The van der Waals surface area contributed by atoms with Gasteiger partial charge in [-0.05, 0) is 31.2 Å². The van der Waals surface area contributed by atoms with E-state index in [0.29, 0.717) is 16.9 Å². The number of ether oxygens (including phenoxy) is 1. The van der Waals surface area contributed by atoms with E-state index in [2.05, 4.69) is 10.1 Å². The lowest BCUT2D eigenvalue weighted by Crippen LogP contribution is -2.10. The molecule has 134 valence electrons. The average Bonchev–Trinajstić information content (AvgIpc) is 3.15. The Morgan fingerprint density at radius 1 is 1.11 bits per heavy atom. The highest BCUT2D eigenvalue weighted by molar-refractivity contribution is 5.88. The second-order valence-electron chi connectivity index (χ2n) is 5.93. The topological polar surface area (TPSA) is 95.4 Å². The molecule has 0 saturated carbocycles. The molecular formula is C20H14N2O5. The minimum Gasteiger partial charge on any atom is -0.451 e. The summed E-state index contributed by atoms with van der Waals surface area (Å²) in [5.74, 6) is -0.416. The van der Waals surface area contributed by atoms with Crippen LogP contribution in [0.4, 0.5) is 0 Å². The summed E-state index contributed by atoms with van der Waals surface area (Å²) in [6.45, 7) is 1.78. The number of nitrogens with zero attached hydrogens (tertiary/aromatic N) is 2. The van der Waals surface area contributed by atoms with Crippen molar-refractivity contribution in [2.75, 3.05) is 0 Å². The smallest absolute Gasteiger partial charge is 0.374 e. The van der Waals surface area contributed by atoms with Gasteiger partial charge in [-0.15, -0.1) is 0 Å². The Kier molecular flexibility index (Phi) is 4.25. The van der Waals surface area contributed by atoms with Crippen molar-refractivity contribution >= 4 is 16.9 Å². The molecule has 0 fully saturated rings. The van der Waals surface area contributed by atoms with Crippen LogP contribution in [-0.2, 0) is 11.3 Å². The van der Waals surface area contributed by atoms with Gasteiger partial charge in [0.15, 0.2) is 12.0 Å². The molecule has 4 rings (SSSR count). The second kappa shape index (κ2) is 6.87. The summed E-state index contributed by atoms with van der Waals surface area (Å²) >= 11 is 0. The molecule has 7 heteroatoms. The molecule has 0 radical (unpaired) electrons. The van der Waals surface area contributed by atoms with Crippen LogP contribution < -0.4 is 5.43 Å². The van der Waals surface area contributed by atoms with Crippen molar-refractivity contribution in [1.82, 2.24) is 10.1 Å². The maximum atomic E-state index is 12.2. The quantitative estimate of drug-likeness (QED) is 0.513. The maximum Gasteiger partial charge on any atom is 0.374 e. The lowest BCUT2D eigenvalue weighted by Gasteiger charge is -2.02. The van der Waals surface area contributed by atoms with Crippen LogP contribution >= 0.6 is 0 Å². The molecule has 0 amide bonds. The number of fused-ring (bicyclic) bond motifs is 1. The zero-order chi connectivity index (χ0) is 18.8. The van der Waals surface area contributed by atoms with Crippen LogP contribution in [0.25, 0.3) is 22.4 Å². The minimum atomic E-state index is -0.778. The van der Waals surface area contributed by atoms with Crippen molar-refractivity contribution in [2.45, 2.75) is 13.5 Å². The van der Waals surface area contributed by atoms with Gasteiger partial charge >= 0.3 is 5.97 Å². The van der Waals surface area contributed by atoms with Crippen LogP contribution in [0.1, 0.15) is 21.9 Å². The van der Waals surface area contributed by atoms with Gasteiger partial charge in [0.05, 0.1) is 5.39 Å². The molecule has 0 saturated heterocycles. The van der Waals surface area contributed by atoms with Crippen LogP contribution in [0.5, 0.6) is 0 Å². The number of hydrogen-bond donors (Lipinski definition) is 0. The van der Waals surface area contributed by atoms with E-state index in [0.717, 1.165) is 17.2 Å². The molecule has 4 aromatic rings. The summed E-state index contributed by atoms with van der Waals surface area (Å²) < 4.78 is 15.7. The summed E-state index contributed by atoms with van der Waals surface area (Å²) in [6, 6.07) is 15.4. The Morgan fingerprint density at radius 2 is 1.89 bits per heavy atom. The van der Waals surface area contributed by atoms with Crippen molar-refractivity contribution < 1.29 is 18.5 Å². The molecule has 0 aliphatic rings. The normalized spacial score (nSPS) is 10.9. The van der Waals surface area contributed by atoms with E-state index in [9.17, 15) is 9.59 Å². The summed E-state index contributed by atoms with van der Waals surface area (Å²) in [7, 11) is 0. The van der Waals surface area contributed by atoms with Gasteiger partial charge in [-0.3, -0.25) is 4.79 Å². The highest BCUT2D eigenvalue weighted by Gasteiger charge is 2.16. The zero-order valence-electron chi connectivity index (χ0n) is 14.3. The Balaban J connectivity index is 1.48. The molecule has 0 aliphatic carbocycles. The number of aryl methyl sites for hydroxylation is 1. The van der Waals surface area contributed by atoms with E-state index < -0.39 is 5.97 Å². The van der Waals surface area contributed by atoms with E-state index in [1.807, 2.05) is 31.2 Å². The third-order valence-corrected chi connectivity index (χ3v) is 3.93. The molecule has 0 spiro atoms. The van der Waals surface area contributed by atoms with Gasteiger partial charge in [0, 0.05) is 11.6 Å². The van der Waals surface area contributed by atoms with Gasteiger partial charge in [0.25, 0.3) is 5.89 Å². The maximum absolute atomic E-state index is 12.2. The van der Waals surface area contributed by atoms with Crippen molar-refractivity contribution in [1.29, 1.82) is 0 Å². The predicted molar refractivity (Wildman–Crippen MR) is 96.1 cm³/mol. The predicted octanol–water partition coefficient (Wildman–Crippen LogP) is 3.51. The molecule has 2 aromatic heterocycles. The first-order valence-electron chi connectivity index (χ1n) is 8.20. The monoisotopic (exact) mass is 362 g/mol. The average molecular weight is 362 g/mol. The fourth-order valence-corrected chi connectivity index (χ4v) is 2.53. The van der Waals surface area contributed by atoms with Gasteiger partial charge in [0.1, 0.15) is 5.58 Å². The van der Waals surface area contributed by atoms with Gasteiger partial charge in [-0.1, -0.05) is 35.0 Å². The lowest BCUT2D eigenvalue weighted by molar-refractivity contribution is 0.0423. The third kappa shape index (κ3) is 3.48. The summed E-state index contributed by atoms with van der Waals surface area (Å²) in [5, 5.41) is 4.19. The largest absolute Gasteiger partial charge is 0.451 e. The fourth-order valence-electron chi connectivity index (χ4n) is 2.53. The summed E-state index contributed by atoms with van der Waals surface area (Å²) in [5.41, 5.74) is 1.89. The number of carbonyl (C=O) groups excluding carboxylic acids is 1. The van der Waals surface area contributed by atoms with E-state index >= 15 is 0 Å². The van der Waals surface area contributed by atoms with Crippen LogP contribution in [0.3, 0.4) is 0 Å². The van der Waals surface area contributed by atoms with Gasteiger partial charge in [-0.25, -0.2) is 4.79 Å². The van der Waals surface area contributed by atoms with Crippen molar-refractivity contribution in [2.24, 2.45) is 0 Å². The van der Waals surface area contributed by atoms with Crippen molar-refractivity contribution in [3.05, 3.63) is 82.0 Å². The highest BCUT2D eigenvalue weighted by atomic mass is 16.5. The second-order valence-corrected chi connectivity index (χ2v) is 5.93. The molecule has 7 nitrogen and oxygen atoms in total. The number of rotatable bonds is 4. The minimum absolute atomic E-state index is 0.180. The van der Waals surface area contributed by atoms with Gasteiger partial charge in [0.2, 0.25) is 11.6 Å². The van der Waals surface area contributed by atoms with Crippen LogP contribution in [0, 0.1) is 6.92 Å². The number of esters is 1. The van der Waals surface area contributed by atoms with Gasteiger partial charge < -0.3 is 13.7 Å². The fraction of sp³-hybridized carbons (Fsp3) is 0.100. The van der Waals surface area contributed by atoms with Crippen LogP contribution in [-0.4, -0.2) is 16.1 Å². The molecule has 2 heterocycles. The summed E-state index contributed by atoms with van der Waals surface area (Å²) in [4.78, 5) is 28.4. The van der Waals surface area contributed by atoms with E-state index in [1.165, 1.54) is 0 Å². The number of hydrogen-bond acceptors (Lipinski definition) is 7. The standard InChI is InChI=1S/C20H14N2O5/c1-12-6-8-13(9-7-12)19-21-18(22-27-19)11-25-20(24)17-10-15(23)14-4-2-3-5-16(14)26-17/h2-10H,11H2,1H3. The first kappa shape index (κ1) is 16.7. The molecule has 0 aliphatic heterocycles. The van der Waals surface area contributed by atoms with Crippen LogP contribution in [0.15, 0.2) is 68.3 Å². The van der Waals surface area contributed by atoms with E-state index in [-0.39, 0.29) is 23.6 Å². The number of benzene rings is 2. The van der Waals surface area contributed by atoms with E-state index in [4.69, 9.17) is 13.7 Å².